The van der Waals surface area contributed by atoms with Gasteiger partial charge < -0.3 is 10.5 Å². The Bertz CT molecular complexity index is 1130. The van der Waals surface area contributed by atoms with E-state index in [0.717, 1.165) is 11.8 Å². The molecule has 0 radical (unpaired) electrons. The van der Waals surface area contributed by atoms with Crippen LogP contribution in [0, 0.1) is 0 Å². The number of pyridine rings is 2. The standard InChI is InChI=1S/C19H16F2N8O/c1-29-15(18(27-28-29)14-4-2-12(9-23-14)19(20)21)10-30-17-7-5-13(25-26-17)11-3-6-16(22)24-8-11/h2-9,19H,10H2,1H3,(H2,22,24). The van der Waals surface area contributed by atoms with Crippen molar-refractivity contribution in [2.45, 2.75) is 13.0 Å². The van der Waals surface area contributed by atoms with E-state index in [2.05, 4.69) is 30.5 Å². The Morgan fingerprint density at radius 1 is 0.967 bits per heavy atom. The van der Waals surface area contributed by atoms with Crippen molar-refractivity contribution in [2.24, 2.45) is 7.05 Å². The summed E-state index contributed by atoms with van der Waals surface area (Å²) in [5, 5.41) is 16.2. The first-order valence-corrected chi connectivity index (χ1v) is 8.82. The lowest BCUT2D eigenvalue weighted by Gasteiger charge is -2.07. The van der Waals surface area contributed by atoms with Crippen LogP contribution in [-0.2, 0) is 13.7 Å². The van der Waals surface area contributed by atoms with Crippen molar-refractivity contribution in [3.8, 4) is 28.5 Å². The van der Waals surface area contributed by atoms with Crippen LogP contribution in [0.5, 0.6) is 5.88 Å². The van der Waals surface area contributed by atoms with E-state index in [1.165, 1.54) is 16.8 Å². The number of rotatable bonds is 6. The molecule has 0 amide bonds. The third-order valence-electron chi connectivity index (χ3n) is 4.30. The summed E-state index contributed by atoms with van der Waals surface area (Å²) in [5.74, 6) is 0.723. The molecule has 0 fully saturated rings. The molecule has 4 aromatic heterocycles. The highest BCUT2D eigenvalue weighted by Gasteiger charge is 2.16. The Morgan fingerprint density at radius 2 is 1.80 bits per heavy atom. The van der Waals surface area contributed by atoms with Crippen molar-refractivity contribution < 1.29 is 13.5 Å². The fourth-order valence-electron chi connectivity index (χ4n) is 2.66. The van der Waals surface area contributed by atoms with E-state index in [0.29, 0.717) is 34.5 Å². The normalized spacial score (nSPS) is 11.1. The molecule has 0 spiro atoms. The Morgan fingerprint density at radius 3 is 2.43 bits per heavy atom. The number of halogens is 2. The van der Waals surface area contributed by atoms with Crippen molar-refractivity contribution in [1.82, 2.24) is 35.2 Å². The van der Waals surface area contributed by atoms with Crippen LogP contribution < -0.4 is 10.5 Å². The number of ether oxygens (including phenoxy) is 1. The average Bonchev–Trinajstić information content (AvgIpc) is 3.13. The highest BCUT2D eigenvalue weighted by molar-refractivity contribution is 5.59. The van der Waals surface area contributed by atoms with Gasteiger partial charge in [0.2, 0.25) is 5.88 Å². The van der Waals surface area contributed by atoms with Gasteiger partial charge in [-0.05, 0) is 30.3 Å². The molecule has 0 saturated heterocycles. The molecule has 11 heteroatoms. The molecule has 4 heterocycles. The van der Waals surface area contributed by atoms with Crippen LogP contribution in [0.3, 0.4) is 0 Å². The monoisotopic (exact) mass is 410 g/mol. The first kappa shape index (κ1) is 19.3. The third-order valence-corrected chi connectivity index (χ3v) is 4.30. The van der Waals surface area contributed by atoms with E-state index in [-0.39, 0.29) is 12.2 Å². The van der Waals surface area contributed by atoms with Crippen LogP contribution in [0.2, 0.25) is 0 Å². The number of aryl methyl sites for hydroxylation is 1. The second kappa shape index (κ2) is 8.15. The molecule has 9 nitrogen and oxygen atoms in total. The smallest absolute Gasteiger partial charge is 0.265 e. The van der Waals surface area contributed by atoms with Gasteiger partial charge in [-0.3, -0.25) is 4.98 Å². The highest BCUT2D eigenvalue weighted by Crippen LogP contribution is 2.24. The molecule has 4 rings (SSSR count). The minimum atomic E-state index is -2.58. The molecule has 0 bridgehead atoms. The Labute approximate surface area is 169 Å². The summed E-state index contributed by atoms with van der Waals surface area (Å²) in [7, 11) is 1.70. The summed E-state index contributed by atoms with van der Waals surface area (Å²) in [6, 6.07) is 9.69. The van der Waals surface area contributed by atoms with Gasteiger partial charge in [0, 0.05) is 36.6 Å². The third kappa shape index (κ3) is 4.04. The van der Waals surface area contributed by atoms with Gasteiger partial charge >= 0.3 is 0 Å². The molecule has 0 aliphatic heterocycles. The van der Waals surface area contributed by atoms with E-state index in [4.69, 9.17) is 10.5 Å². The summed E-state index contributed by atoms with van der Waals surface area (Å²) in [6.07, 6.45) is 0.150. The van der Waals surface area contributed by atoms with Gasteiger partial charge in [0.15, 0.2) is 0 Å². The summed E-state index contributed by atoms with van der Waals surface area (Å²) >= 11 is 0. The van der Waals surface area contributed by atoms with Crippen LogP contribution in [-0.4, -0.2) is 35.2 Å². The Balaban J connectivity index is 1.49. The van der Waals surface area contributed by atoms with Crippen molar-refractivity contribution >= 4 is 5.82 Å². The van der Waals surface area contributed by atoms with E-state index < -0.39 is 6.43 Å². The van der Waals surface area contributed by atoms with Crippen LogP contribution in [0.15, 0.2) is 48.8 Å². The van der Waals surface area contributed by atoms with Gasteiger partial charge in [0.25, 0.3) is 6.43 Å². The van der Waals surface area contributed by atoms with E-state index in [9.17, 15) is 8.78 Å². The zero-order valence-corrected chi connectivity index (χ0v) is 15.8. The maximum Gasteiger partial charge on any atom is 0.265 e. The molecule has 0 saturated carbocycles. The predicted molar refractivity (Wildman–Crippen MR) is 103 cm³/mol. The molecular formula is C19H16F2N8O. The molecule has 0 aliphatic rings. The number of hydrogen-bond acceptors (Lipinski definition) is 8. The highest BCUT2D eigenvalue weighted by atomic mass is 19.3. The average molecular weight is 410 g/mol. The predicted octanol–water partition coefficient (Wildman–Crippen LogP) is 2.83. The van der Waals surface area contributed by atoms with Gasteiger partial charge in [0.05, 0.1) is 11.4 Å². The SMILES string of the molecule is Cn1nnc(-c2ccc(C(F)F)cn2)c1COc1ccc(-c2ccc(N)nc2)nn1. The van der Waals surface area contributed by atoms with E-state index >= 15 is 0 Å². The van der Waals surface area contributed by atoms with E-state index in [1.807, 2.05) is 0 Å². The molecular weight excluding hydrogens is 394 g/mol. The number of aromatic nitrogens is 7. The second-order valence-electron chi connectivity index (χ2n) is 6.30. The van der Waals surface area contributed by atoms with Crippen molar-refractivity contribution in [3.63, 3.8) is 0 Å². The molecule has 2 N–H and O–H groups in total. The topological polar surface area (TPSA) is 118 Å². The maximum absolute atomic E-state index is 12.7. The minimum Gasteiger partial charge on any atom is -0.470 e. The lowest BCUT2D eigenvalue weighted by atomic mass is 10.2. The molecule has 4 aromatic rings. The summed E-state index contributed by atoms with van der Waals surface area (Å²) in [5.41, 5.74) is 8.30. The number of nitrogens with two attached hydrogens (primary N) is 1. The lowest BCUT2D eigenvalue weighted by Crippen LogP contribution is -2.06. The van der Waals surface area contributed by atoms with Crippen molar-refractivity contribution in [1.29, 1.82) is 0 Å². The molecule has 0 aromatic carbocycles. The van der Waals surface area contributed by atoms with Crippen LogP contribution in [0.25, 0.3) is 22.6 Å². The Kier molecular flexibility index (Phi) is 5.24. The van der Waals surface area contributed by atoms with Crippen molar-refractivity contribution in [2.75, 3.05) is 5.73 Å². The van der Waals surface area contributed by atoms with Crippen LogP contribution >= 0.6 is 0 Å². The fourth-order valence-corrected chi connectivity index (χ4v) is 2.66. The number of anilines is 1. The van der Waals surface area contributed by atoms with Gasteiger partial charge in [-0.1, -0.05) is 5.21 Å². The molecule has 0 aliphatic carbocycles. The van der Waals surface area contributed by atoms with Crippen molar-refractivity contribution in [3.05, 3.63) is 60.0 Å². The van der Waals surface area contributed by atoms with Crippen LogP contribution in [0.1, 0.15) is 17.7 Å². The number of alkyl halides is 2. The first-order chi connectivity index (χ1) is 14.5. The summed E-state index contributed by atoms with van der Waals surface area (Å²) in [4.78, 5) is 8.08. The quantitative estimate of drug-likeness (QED) is 0.516. The summed E-state index contributed by atoms with van der Waals surface area (Å²) in [6.45, 7) is 0.0918. The number of hydrogen-bond donors (Lipinski definition) is 1. The molecule has 0 atom stereocenters. The second-order valence-corrected chi connectivity index (χ2v) is 6.30. The van der Waals surface area contributed by atoms with Gasteiger partial charge in [0.1, 0.15) is 23.8 Å². The molecule has 152 valence electrons. The molecule has 0 unspecified atom stereocenters. The lowest BCUT2D eigenvalue weighted by molar-refractivity contribution is 0.151. The van der Waals surface area contributed by atoms with Gasteiger partial charge in [-0.15, -0.1) is 15.3 Å². The minimum absolute atomic E-state index is 0.0918. The van der Waals surface area contributed by atoms with Gasteiger partial charge in [-0.25, -0.2) is 18.4 Å². The number of nitrogen functional groups attached to an aromatic ring is 1. The Hall–Kier alpha value is -4.02. The number of nitrogens with zero attached hydrogens (tertiary/aromatic N) is 7. The fraction of sp³-hybridized carbons (Fsp3) is 0.158. The zero-order valence-electron chi connectivity index (χ0n) is 15.8. The first-order valence-electron chi connectivity index (χ1n) is 8.82. The largest absolute Gasteiger partial charge is 0.470 e. The zero-order chi connectivity index (χ0) is 21.1. The maximum atomic E-state index is 12.7. The van der Waals surface area contributed by atoms with Gasteiger partial charge in [-0.2, -0.15) is 0 Å². The van der Waals surface area contributed by atoms with E-state index in [1.54, 1.807) is 37.5 Å². The van der Waals surface area contributed by atoms with Crippen LogP contribution in [0.4, 0.5) is 14.6 Å². The summed E-state index contributed by atoms with van der Waals surface area (Å²) < 4.78 is 32.7. The molecule has 30 heavy (non-hydrogen) atoms.